The van der Waals surface area contributed by atoms with Gasteiger partial charge < -0.3 is 15.0 Å². The fraction of sp³-hybridized carbons (Fsp3) is 0.133. The Morgan fingerprint density at radius 3 is 2.68 bits per heavy atom. The van der Waals surface area contributed by atoms with E-state index in [4.69, 9.17) is 4.74 Å². The molecule has 8 heteroatoms. The molecule has 2 heterocycles. The summed E-state index contributed by atoms with van der Waals surface area (Å²) in [4.78, 5) is 34.7. The minimum atomic E-state index is -1.06. The van der Waals surface area contributed by atoms with Crippen molar-refractivity contribution in [2.45, 2.75) is 25.9 Å². The SMILES string of the molecule is CC(OC(=O)c1ccc2nc(-c3ccccc3)[nH]c2c1)C(=O)Nc1sc2c(c1C#N)CCc1ccccc1-2. The molecule has 2 N–H and O–H groups in total. The molecule has 1 atom stereocenters. The van der Waals surface area contributed by atoms with Crippen LogP contribution in [0.4, 0.5) is 5.00 Å². The van der Waals surface area contributed by atoms with Crippen molar-refractivity contribution in [2.24, 2.45) is 0 Å². The van der Waals surface area contributed by atoms with E-state index in [1.807, 2.05) is 48.5 Å². The van der Waals surface area contributed by atoms with E-state index < -0.39 is 18.0 Å². The number of esters is 1. The van der Waals surface area contributed by atoms with E-state index in [2.05, 4.69) is 27.4 Å². The number of aromatic amines is 1. The lowest BCUT2D eigenvalue weighted by atomic mass is 9.90. The number of benzene rings is 3. The van der Waals surface area contributed by atoms with Gasteiger partial charge in [0, 0.05) is 10.4 Å². The third-order valence-electron chi connectivity index (χ3n) is 6.68. The number of carbonyl (C=O) groups is 2. The third kappa shape index (κ3) is 4.23. The average molecular weight is 519 g/mol. The number of nitriles is 1. The highest BCUT2D eigenvalue weighted by atomic mass is 32.1. The van der Waals surface area contributed by atoms with E-state index in [-0.39, 0.29) is 0 Å². The first-order valence-corrected chi connectivity index (χ1v) is 13.0. The zero-order valence-corrected chi connectivity index (χ0v) is 21.3. The van der Waals surface area contributed by atoms with Crippen molar-refractivity contribution >= 4 is 39.2 Å². The van der Waals surface area contributed by atoms with Crippen LogP contribution in [0.25, 0.3) is 32.9 Å². The van der Waals surface area contributed by atoms with Crippen molar-refractivity contribution in [1.29, 1.82) is 5.26 Å². The topological polar surface area (TPSA) is 108 Å². The van der Waals surface area contributed by atoms with Crippen molar-refractivity contribution < 1.29 is 14.3 Å². The number of hydrogen-bond donors (Lipinski definition) is 2. The summed E-state index contributed by atoms with van der Waals surface area (Å²) in [6.07, 6.45) is 0.537. The largest absolute Gasteiger partial charge is 0.449 e. The number of rotatable bonds is 5. The minimum absolute atomic E-state index is 0.307. The van der Waals surface area contributed by atoms with E-state index in [0.717, 1.165) is 39.9 Å². The number of fused-ring (bicyclic) bond motifs is 4. The summed E-state index contributed by atoms with van der Waals surface area (Å²) >= 11 is 1.39. The molecule has 186 valence electrons. The van der Waals surface area contributed by atoms with Crippen molar-refractivity contribution in [3.63, 3.8) is 0 Å². The lowest BCUT2D eigenvalue weighted by Crippen LogP contribution is -2.30. The maximum absolute atomic E-state index is 13.0. The quantitative estimate of drug-likeness (QED) is 0.273. The molecule has 0 radical (unpaired) electrons. The molecule has 0 saturated heterocycles. The minimum Gasteiger partial charge on any atom is -0.449 e. The maximum atomic E-state index is 13.0. The van der Waals surface area contributed by atoms with Gasteiger partial charge in [-0.05, 0) is 54.7 Å². The summed E-state index contributed by atoms with van der Waals surface area (Å²) in [5.41, 5.74) is 6.42. The van der Waals surface area contributed by atoms with Gasteiger partial charge in [0.25, 0.3) is 5.91 Å². The molecule has 3 aromatic carbocycles. The Morgan fingerprint density at radius 2 is 1.87 bits per heavy atom. The fourth-order valence-corrected chi connectivity index (χ4v) is 5.98. The highest BCUT2D eigenvalue weighted by molar-refractivity contribution is 7.20. The van der Waals surface area contributed by atoms with Crippen LogP contribution >= 0.6 is 11.3 Å². The molecule has 7 nitrogen and oxygen atoms in total. The Bertz CT molecular complexity index is 1750. The van der Waals surface area contributed by atoms with Crippen LogP contribution in [-0.2, 0) is 22.4 Å². The first-order valence-electron chi connectivity index (χ1n) is 12.2. The van der Waals surface area contributed by atoms with Gasteiger partial charge >= 0.3 is 5.97 Å². The van der Waals surface area contributed by atoms with Gasteiger partial charge in [-0.15, -0.1) is 11.3 Å². The smallest absolute Gasteiger partial charge is 0.338 e. The zero-order valence-electron chi connectivity index (χ0n) is 20.4. The van der Waals surface area contributed by atoms with Gasteiger partial charge in [0.15, 0.2) is 6.10 Å². The summed E-state index contributed by atoms with van der Waals surface area (Å²) in [5.74, 6) is -0.408. The summed E-state index contributed by atoms with van der Waals surface area (Å²) in [5, 5.41) is 13.1. The molecule has 2 aromatic heterocycles. The van der Waals surface area contributed by atoms with E-state index in [1.165, 1.54) is 23.8 Å². The number of nitrogens with zero attached hydrogens (tertiary/aromatic N) is 2. The van der Waals surface area contributed by atoms with E-state index in [1.54, 1.807) is 18.2 Å². The van der Waals surface area contributed by atoms with Gasteiger partial charge in [0.1, 0.15) is 16.9 Å². The summed E-state index contributed by atoms with van der Waals surface area (Å²) in [6, 6.07) is 25.1. The number of ether oxygens (including phenoxy) is 1. The molecule has 1 aliphatic rings. The van der Waals surface area contributed by atoms with Crippen LogP contribution in [0.1, 0.15) is 34.0 Å². The molecule has 1 aliphatic carbocycles. The zero-order chi connectivity index (χ0) is 26.2. The predicted molar refractivity (Wildman–Crippen MR) is 147 cm³/mol. The van der Waals surface area contributed by atoms with Crippen molar-refractivity contribution in [3.05, 3.63) is 95.1 Å². The molecule has 1 unspecified atom stereocenters. The molecule has 1 amide bonds. The van der Waals surface area contributed by atoms with Crippen LogP contribution in [-0.4, -0.2) is 27.9 Å². The Morgan fingerprint density at radius 1 is 1.08 bits per heavy atom. The van der Waals surface area contributed by atoms with Crippen molar-refractivity contribution in [2.75, 3.05) is 5.32 Å². The van der Waals surface area contributed by atoms with Gasteiger partial charge in [-0.25, -0.2) is 9.78 Å². The van der Waals surface area contributed by atoms with Crippen LogP contribution < -0.4 is 5.32 Å². The Labute approximate surface area is 222 Å². The molecule has 0 bridgehead atoms. The van der Waals surface area contributed by atoms with E-state index in [0.29, 0.717) is 27.5 Å². The standard InChI is InChI=1S/C30H22N4O3S/c1-17(28(35)34-29-23(16-31)22-13-11-18-7-5-6-10-21(18)26(22)38-29)37-30(36)20-12-14-24-25(15-20)33-27(32-24)19-8-3-2-4-9-19/h2-10,12,14-15,17H,11,13H2,1H3,(H,32,33)(H,34,35). The second-order valence-electron chi connectivity index (χ2n) is 9.10. The van der Waals surface area contributed by atoms with E-state index >= 15 is 0 Å². The van der Waals surface area contributed by atoms with Crippen LogP contribution in [0.5, 0.6) is 0 Å². The second-order valence-corrected chi connectivity index (χ2v) is 10.1. The van der Waals surface area contributed by atoms with Crippen LogP contribution in [0, 0.1) is 11.3 Å². The van der Waals surface area contributed by atoms with Crippen molar-refractivity contribution in [3.8, 4) is 27.9 Å². The van der Waals surface area contributed by atoms with Gasteiger partial charge in [0.2, 0.25) is 0 Å². The van der Waals surface area contributed by atoms with E-state index in [9.17, 15) is 14.9 Å². The number of hydrogen-bond acceptors (Lipinski definition) is 6. The number of H-pyrrole nitrogens is 1. The van der Waals surface area contributed by atoms with Crippen LogP contribution in [0.2, 0.25) is 0 Å². The van der Waals surface area contributed by atoms with Gasteiger partial charge in [-0.1, -0.05) is 54.6 Å². The second kappa shape index (κ2) is 9.61. The first kappa shape index (κ1) is 23.6. The van der Waals surface area contributed by atoms with Gasteiger partial charge in [0.05, 0.1) is 22.2 Å². The first-order chi connectivity index (χ1) is 18.5. The van der Waals surface area contributed by atoms with Crippen molar-refractivity contribution in [1.82, 2.24) is 9.97 Å². The van der Waals surface area contributed by atoms with Crippen LogP contribution in [0.3, 0.4) is 0 Å². The maximum Gasteiger partial charge on any atom is 0.338 e. The molecule has 0 aliphatic heterocycles. The third-order valence-corrected chi connectivity index (χ3v) is 7.86. The average Bonchev–Trinajstić information content (AvgIpc) is 3.54. The molecular formula is C30H22N4O3S. The van der Waals surface area contributed by atoms with Gasteiger partial charge in [-0.3, -0.25) is 4.79 Å². The Kier molecular flexibility index (Phi) is 5.98. The monoisotopic (exact) mass is 518 g/mol. The van der Waals surface area contributed by atoms with Crippen LogP contribution in [0.15, 0.2) is 72.8 Å². The number of nitrogens with one attached hydrogen (secondary N) is 2. The number of aryl methyl sites for hydroxylation is 1. The number of anilines is 1. The molecule has 6 rings (SSSR count). The fourth-order valence-electron chi connectivity index (χ4n) is 4.71. The Hall–Kier alpha value is -4.74. The van der Waals surface area contributed by atoms with Gasteiger partial charge in [-0.2, -0.15) is 5.26 Å². The summed E-state index contributed by atoms with van der Waals surface area (Å²) < 4.78 is 5.48. The number of aromatic nitrogens is 2. The molecule has 0 saturated carbocycles. The number of carbonyl (C=O) groups excluding carboxylic acids is 2. The lowest BCUT2D eigenvalue weighted by molar-refractivity contribution is -0.123. The number of imidazole rings is 1. The number of amides is 1. The number of thiophene rings is 1. The molecular weight excluding hydrogens is 496 g/mol. The highest BCUT2D eigenvalue weighted by Gasteiger charge is 2.27. The normalized spacial score (nSPS) is 12.7. The highest BCUT2D eigenvalue weighted by Crippen LogP contribution is 2.44. The Balaban J connectivity index is 1.18. The summed E-state index contributed by atoms with van der Waals surface area (Å²) in [7, 11) is 0. The predicted octanol–water partition coefficient (Wildman–Crippen LogP) is 6.11. The summed E-state index contributed by atoms with van der Waals surface area (Å²) in [6.45, 7) is 1.52. The molecule has 0 spiro atoms. The lowest BCUT2D eigenvalue weighted by Gasteiger charge is -2.15. The molecule has 5 aromatic rings. The molecule has 0 fully saturated rings. The molecule has 38 heavy (non-hydrogen) atoms.